The Labute approximate surface area is 172 Å². The van der Waals surface area contributed by atoms with E-state index in [4.69, 9.17) is 13.7 Å². The Balaban J connectivity index is 2.00. The molecule has 1 saturated heterocycles. The van der Waals surface area contributed by atoms with Gasteiger partial charge in [0.05, 0.1) is 24.2 Å². The minimum Gasteiger partial charge on any atom is -0.444 e. The van der Waals surface area contributed by atoms with E-state index in [-0.39, 0.29) is 17.9 Å². The summed E-state index contributed by atoms with van der Waals surface area (Å²) in [7, 11) is -4.06. The van der Waals surface area contributed by atoms with Crippen LogP contribution in [0.25, 0.3) is 0 Å². The molecule has 1 aliphatic rings. The highest BCUT2D eigenvalue weighted by atomic mass is 32.2. The number of nitrogens with zero attached hydrogens (tertiary/aromatic N) is 1. The van der Waals surface area contributed by atoms with E-state index in [1.807, 2.05) is 6.92 Å². The molecule has 0 aromatic heterocycles. The molecule has 0 bridgehead atoms. The predicted octanol–water partition coefficient (Wildman–Crippen LogP) is 3.80. The van der Waals surface area contributed by atoms with Gasteiger partial charge >= 0.3 is 6.09 Å². The Bertz CT molecular complexity index is 816. The van der Waals surface area contributed by atoms with Crippen molar-refractivity contribution in [2.24, 2.45) is 0 Å². The molecule has 0 N–H and O–H groups in total. The van der Waals surface area contributed by atoms with Crippen LogP contribution in [0.5, 0.6) is 0 Å². The summed E-state index contributed by atoms with van der Waals surface area (Å²) in [6.45, 7) is 9.93. The van der Waals surface area contributed by atoms with Gasteiger partial charge in [0.25, 0.3) is 10.1 Å². The number of hydrogen-bond donors (Lipinski definition) is 0. The number of aryl methyl sites for hydroxylation is 1. The summed E-state index contributed by atoms with van der Waals surface area (Å²) in [5, 5.41) is 0. The van der Waals surface area contributed by atoms with Gasteiger partial charge in [0.15, 0.2) is 0 Å². The van der Waals surface area contributed by atoms with Gasteiger partial charge in [0, 0.05) is 6.42 Å². The number of alkyl halides is 1. The number of carbonyl (C=O) groups excluding carboxylic acids is 1. The van der Waals surface area contributed by atoms with E-state index in [0.29, 0.717) is 0 Å². The highest BCUT2D eigenvalue weighted by molar-refractivity contribution is 7.86. The molecule has 29 heavy (non-hydrogen) atoms. The van der Waals surface area contributed by atoms with Crippen LogP contribution in [-0.2, 0) is 23.8 Å². The first-order chi connectivity index (χ1) is 13.2. The maximum Gasteiger partial charge on any atom is 0.412 e. The Kier molecular flexibility index (Phi) is 6.97. The normalized spacial score (nSPS) is 20.5. The Morgan fingerprint density at radius 3 is 2.45 bits per heavy atom. The summed E-state index contributed by atoms with van der Waals surface area (Å²) in [5.74, 6) is 0. The van der Waals surface area contributed by atoms with Crippen molar-refractivity contribution in [1.82, 2.24) is 4.90 Å². The number of carbonyl (C=O) groups is 1. The lowest BCUT2D eigenvalue weighted by Crippen LogP contribution is -2.50. The third-order valence-electron chi connectivity index (χ3n) is 4.41. The first kappa shape index (κ1) is 23.6. The molecule has 0 saturated carbocycles. The SMILES string of the molecule is Cc1ccc(S(=O)(=O)OC[C@H](F)C[C@@H]2COC(C)(C)N2C(=O)OC(C)(C)C)cc1. The molecule has 9 heteroatoms. The molecule has 0 radical (unpaired) electrons. The fourth-order valence-electron chi connectivity index (χ4n) is 3.04. The van der Waals surface area contributed by atoms with Crippen LogP contribution in [0.4, 0.5) is 9.18 Å². The van der Waals surface area contributed by atoms with Gasteiger partial charge < -0.3 is 9.47 Å². The van der Waals surface area contributed by atoms with Gasteiger partial charge in [-0.25, -0.2) is 9.18 Å². The maximum absolute atomic E-state index is 14.6. The van der Waals surface area contributed by atoms with E-state index < -0.39 is 46.4 Å². The van der Waals surface area contributed by atoms with Crippen molar-refractivity contribution in [2.45, 2.75) is 76.4 Å². The third kappa shape index (κ3) is 6.38. The number of benzene rings is 1. The molecule has 1 amide bonds. The zero-order valence-electron chi connectivity index (χ0n) is 17.8. The molecule has 1 aromatic carbocycles. The molecule has 1 aromatic rings. The van der Waals surface area contributed by atoms with E-state index >= 15 is 0 Å². The van der Waals surface area contributed by atoms with Crippen molar-refractivity contribution in [3.8, 4) is 0 Å². The Hall–Kier alpha value is -1.71. The number of amides is 1. The van der Waals surface area contributed by atoms with Crippen molar-refractivity contribution in [3.05, 3.63) is 29.8 Å². The second kappa shape index (κ2) is 8.57. The predicted molar refractivity (Wildman–Crippen MR) is 106 cm³/mol. The van der Waals surface area contributed by atoms with Gasteiger partial charge in [0.1, 0.15) is 17.5 Å². The topological polar surface area (TPSA) is 82.1 Å². The third-order valence-corrected chi connectivity index (χ3v) is 5.70. The highest BCUT2D eigenvalue weighted by Gasteiger charge is 2.46. The minimum absolute atomic E-state index is 0.0315. The maximum atomic E-state index is 14.6. The standard InChI is InChI=1S/C20H30FNO6S/c1-14-7-9-17(10-8-14)29(24,25)27-12-15(21)11-16-13-26-20(5,6)22(16)18(23)28-19(2,3)4/h7-10,15-16H,11-13H2,1-6H3/t15-,16-/m1/s1. The fourth-order valence-corrected chi connectivity index (χ4v) is 3.97. The van der Waals surface area contributed by atoms with Crippen LogP contribution >= 0.6 is 0 Å². The van der Waals surface area contributed by atoms with E-state index in [0.717, 1.165) is 5.56 Å². The van der Waals surface area contributed by atoms with Gasteiger partial charge in [-0.3, -0.25) is 9.08 Å². The van der Waals surface area contributed by atoms with E-state index in [9.17, 15) is 17.6 Å². The monoisotopic (exact) mass is 431 g/mol. The first-order valence-electron chi connectivity index (χ1n) is 9.48. The van der Waals surface area contributed by atoms with Gasteiger partial charge in [-0.05, 0) is 53.7 Å². The smallest absolute Gasteiger partial charge is 0.412 e. The second-order valence-electron chi connectivity index (χ2n) is 8.65. The van der Waals surface area contributed by atoms with Crippen molar-refractivity contribution in [1.29, 1.82) is 0 Å². The fraction of sp³-hybridized carbons (Fsp3) is 0.650. The van der Waals surface area contributed by atoms with Crippen molar-refractivity contribution in [2.75, 3.05) is 13.2 Å². The molecular weight excluding hydrogens is 401 g/mol. The molecular formula is C20H30FNO6S. The lowest BCUT2D eigenvalue weighted by Gasteiger charge is -2.35. The van der Waals surface area contributed by atoms with Crippen LogP contribution in [0.3, 0.4) is 0 Å². The van der Waals surface area contributed by atoms with E-state index in [1.54, 1.807) is 46.8 Å². The van der Waals surface area contributed by atoms with Crippen molar-refractivity contribution < 1.29 is 31.3 Å². The molecule has 1 heterocycles. The summed E-state index contributed by atoms with van der Waals surface area (Å²) in [6, 6.07) is 5.51. The number of halogens is 1. The number of ether oxygens (including phenoxy) is 2. The highest BCUT2D eigenvalue weighted by Crippen LogP contribution is 2.32. The number of hydrogen-bond acceptors (Lipinski definition) is 6. The second-order valence-corrected chi connectivity index (χ2v) is 10.3. The van der Waals surface area contributed by atoms with E-state index in [2.05, 4.69) is 0 Å². The number of rotatable bonds is 6. The molecule has 0 spiro atoms. The summed E-state index contributed by atoms with van der Waals surface area (Å²) < 4.78 is 54.9. The average Bonchev–Trinajstić information content (AvgIpc) is 2.86. The summed E-state index contributed by atoms with van der Waals surface area (Å²) >= 11 is 0. The molecule has 1 fully saturated rings. The van der Waals surface area contributed by atoms with Crippen molar-refractivity contribution in [3.63, 3.8) is 0 Å². The minimum atomic E-state index is -4.06. The zero-order valence-corrected chi connectivity index (χ0v) is 18.6. The van der Waals surface area contributed by atoms with Gasteiger partial charge in [-0.2, -0.15) is 8.42 Å². The molecule has 164 valence electrons. The van der Waals surface area contributed by atoms with Gasteiger partial charge in [-0.15, -0.1) is 0 Å². The molecule has 1 aliphatic heterocycles. The molecule has 2 atom stereocenters. The van der Waals surface area contributed by atoms with Gasteiger partial charge in [-0.1, -0.05) is 17.7 Å². The quantitative estimate of drug-likeness (QED) is 0.637. The summed E-state index contributed by atoms with van der Waals surface area (Å²) in [6.07, 6.45) is -2.35. The van der Waals surface area contributed by atoms with Gasteiger partial charge in [0.2, 0.25) is 0 Å². The lowest BCUT2D eigenvalue weighted by molar-refractivity contribution is -0.0634. The zero-order chi connectivity index (χ0) is 22.0. The van der Waals surface area contributed by atoms with Crippen LogP contribution in [0.15, 0.2) is 29.2 Å². The molecule has 0 unspecified atom stereocenters. The molecule has 7 nitrogen and oxygen atoms in total. The molecule has 2 rings (SSSR count). The molecule has 0 aliphatic carbocycles. The Morgan fingerprint density at radius 2 is 1.90 bits per heavy atom. The van der Waals surface area contributed by atoms with Crippen LogP contribution in [0, 0.1) is 6.92 Å². The average molecular weight is 432 g/mol. The van der Waals surface area contributed by atoms with Crippen LogP contribution in [-0.4, -0.2) is 56.2 Å². The Morgan fingerprint density at radius 1 is 1.31 bits per heavy atom. The first-order valence-corrected chi connectivity index (χ1v) is 10.9. The van der Waals surface area contributed by atoms with Crippen LogP contribution < -0.4 is 0 Å². The summed E-state index contributed by atoms with van der Waals surface area (Å²) in [4.78, 5) is 13.9. The van der Waals surface area contributed by atoms with Crippen LogP contribution in [0.2, 0.25) is 0 Å². The largest absolute Gasteiger partial charge is 0.444 e. The lowest BCUT2D eigenvalue weighted by atomic mass is 10.1. The van der Waals surface area contributed by atoms with E-state index in [1.165, 1.54) is 17.0 Å². The summed E-state index contributed by atoms with van der Waals surface area (Å²) in [5.41, 5.74) is -0.763. The van der Waals surface area contributed by atoms with Crippen molar-refractivity contribution >= 4 is 16.2 Å². The van der Waals surface area contributed by atoms with Crippen LogP contribution in [0.1, 0.15) is 46.6 Å².